The van der Waals surface area contributed by atoms with E-state index in [2.05, 4.69) is 48.5 Å². The molecule has 1 heterocycles. The second-order valence-corrected chi connectivity index (χ2v) is 4.70. The molecule has 1 atom stereocenters. The summed E-state index contributed by atoms with van der Waals surface area (Å²) in [4.78, 5) is 4.24. The highest BCUT2D eigenvalue weighted by atomic mass is 15.2. The van der Waals surface area contributed by atoms with Gasteiger partial charge in [0.25, 0.3) is 0 Å². The van der Waals surface area contributed by atoms with E-state index in [9.17, 15) is 0 Å². The predicted molar refractivity (Wildman–Crippen MR) is 74.1 cm³/mol. The number of aryl methyl sites for hydroxylation is 3. The molecule has 0 saturated carbocycles. The first-order valence-corrected chi connectivity index (χ1v) is 6.07. The molecule has 3 N–H and O–H groups in total. The van der Waals surface area contributed by atoms with E-state index in [1.54, 1.807) is 0 Å². The van der Waals surface area contributed by atoms with Crippen molar-refractivity contribution in [2.45, 2.75) is 26.8 Å². The largest absolute Gasteiger partial charge is 0.271 e. The number of pyridine rings is 1. The zero-order valence-electron chi connectivity index (χ0n) is 11.1. The topological polar surface area (TPSA) is 50.9 Å². The summed E-state index contributed by atoms with van der Waals surface area (Å²) in [7, 11) is 0. The SMILES string of the molecule is Cc1cncc(C(NN)c2c(C)cccc2C)c1. The second kappa shape index (κ2) is 5.29. The average molecular weight is 241 g/mol. The molecule has 0 aliphatic heterocycles. The maximum absolute atomic E-state index is 5.75. The molecule has 0 radical (unpaired) electrons. The van der Waals surface area contributed by atoms with Gasteiger partial charge in [0.15, 0.2) is 0 Å². The molecule has 18 heavy (non-hydrogen) atoms. The number of hydrogen-bond acceptors (Lipinski definition) is 3. The molecule has 1 aromatic heterocycles. The van der Waals surface area contributed by atoms with Crippen molar-refractivity contribution < 1.29 is 0 Å². The van der Waals surface area contributed by atoms with Gasteiger partial charge in [0.2, 0.25) is 0 Å². The van der Waals surface area contributed by atoms with Crippen LogP contribution in [0, 0.1) is 20.8 Å². The Bertz CT molecular complexity index is 529. The number of benzene rings is 1. The van der Waals surface area contributed by atoms with E-state index in [4.69, 9.17) is 5.84 Å². The van der Waals surface area contributed by atoms with Gasteiger partial charge in [-0.1, -0.05) is 24.3 Å². The fourth-order valence-corrected chi connectivity index (χ4v) is 2.37. The molecule has 0 saturated heterocycles. The molecule has 0 spiro atoms. The van der Waals surface area contributed by atoms with Crippen molar-refractivity contribution in [3.63, 3.8) is 0 Å². The Morgan fingerprint density at radius 3 is 2.33 bits per heavy atom. The summed E-state index contributed by atoms with van der Waals surface area (Å²) in [5, 5.41) is 0. The number of nitrogens with one attached hydrogen (secondary N) is 1. The molecule has 1 aromatic carbocycles. The summed E-state index contributed by atoms with van der Waals surface area (Å²) in [6.07, 6.45) is 3.71. The minimum Gasteiger partial charge on any atom is -0.271 e. The van der Waals surface area contributed by atoms with E-state index in [1.807, 2.05) is 19.3 Å². The van der Waals surface area contributed by atoms with Crippen molar-refractivity contribution in [1.82, 2.24) is 10.4 Å². The first-order chi connectivity index (χ1) is 8.63. The smallest absolute Gasteiger partial charge is 0.0730 e. The summed E-state index contributed by atoms with van der Waals surface area (Å²) in [6, 6.07) is 8.38. The van der Waals surface area contributed by atoms with Crippen LogP contribution in [-0.2, 0) is 0 Å². The van der Waals surface area contributed by atoms with Gasteiger partial charge in [0.1, 0.15) is 0 Å². The monoisotopic (exact) mass is 241 g/mol. The minimum atomic E-state index is -0.0152. The molecular formula is C15H19N3. The fourth-order valence-electron chi connectivity index (χ4n) is 2.37. The van der Waals surface area contributed by atoms with E-state index in [0.717, 1.165) is 11.1 Å². The quantitative estimate of drug-likeness (QED) is 0.641. The highest BCUT2D eigenvalue weighted by Gasteiger charge is 2.17. The van der Waals surface area contributed by atoms with Crippen LogP contribution in [0.3, 0.4) is 0 Å². The van der Waals surface area contributed by atoms with Crippen LogP contribution in [0.2, 0.25) is 0 Å². The van der Waals surface area contributed by atoms with Crippen LogP contribution in [0.4, 0.5) is 0 Å². The molecular weight excluding hydrogens is 222 g/mol. The van der Waals surface area contributed by atoms with Gasteiger partial charge in [-0.05, 0) is 48.6 Å². The van der Waals surface area contributed by atoms with Crippen molar-refractivity contribution in [3.05, 3.63) is 64.5 Å². The molecule has 0 amide bonds. The first-order valence-electron chi connectivity index (χ1n) is 6.07. The number of hydrogen-bond donors (Lipinski definition) is 2. The van der Waals surface area contributed by atoms with Crippen LogP contribution in [-0.4, -0.2) is 4.98 Å². The van der Waals surface area contributed by atoms with Gasteiger partial charge >= 0.3 is 0 Å². The van der Waals surface area contributed by atoms with Gasteiger partial charge in [0.05, 0.1) is 6.04 Å². The van der Waals surface area contributed by atoms with Crippen LogP contribution in [0.1, 0.15) is 33.9 Å². The lowest BCUT2D eigenvalue weighted by molar-refractivity contribution is 0.628. The fraction of sp³-hybridized carbons (Fsp3) is 0.267. The average Bonchev–Trinajstić information content (AvgIpc) is 2.34. The van der Waals surface area contributed by atoms with Crippen molar-refractivity contribution in [3.8, 4) is 0 Å². The Morgan fingerprint density at radius 1 is 1.11 bits per heavy atom. The molecule has 3 heteroatoms. The number of nitrogens with zero attached hydrogens (tertiary/aromatic N) is 1. The Kier molecular flexibility index (Phi) is 3.75. The molecule has 0 fully saturated rings. The van der Waals surface area contributed by atoms with Crippen LogP contribution >= 0.6 is 0 Å². The van der Waals surface area contributed by atoms with Gasteiger partial charge < -0.3 is 0 Å². The van der Waals surface area contributed by atoms with Crippen LogP contribution < -0.4 is 11.3 Å². The molecule has 0 aliphatic rings. The lowest BCUT2D eigenvalue weighted by Crippen LogP contribution is -2.30. The predicted octanol–water partition coefficient (Wildman–Crippen LogP) is 2.56. The third-order valence-electron chi connectivity index (χ3n) is 3.23. The zero-order valence-corrected chi connectivity index (χ0v) is 11.1. The van der Waals surface area contributed by atoms with Crippen molar-refractivity contribution in [2.75, 3.05) is 0 Å². The van der Waals surface area contributed by atoms with E-state index < -0.39 is 0 Å². The third kappa shape index (κ3) is 2.42. The summed E-state index contributed by atoms with van der Waals surface area (Å²) in [5.41, 5.74) is 8.83. The number of hydrazine groups is 1. The summed E-state index contributed by atoms with van der Waals surface area (Å²) in [6.45, 7) is 6.25. The lowest BCUT2D eigenvalue weighted by Gasteiger charge is -2.21. The second-order valence-electron chi connectivity index (χ2n) is 4.70. The van der Waals surface area contributed by atoms with Crippen molar-refractivity contribution >= 4 is 0 Å². The molecule has 0 aliphatic carbocycles. The summed E-state index contributed by atoms with van der Waals surface area (Å²) < 4.78 is 0. The van der Waals surface area contributed by atoms with Crippen LogP contribution in [0.5, 0.6) is 0 Å². The van der Waals surface area contributed by atoms with E-state index in [1.165, 1.54) is 16.7 Å². The van der Waals surface area contributed by atoms with Gasteiger partial charge in [-0.2, -0.15) is 0 Å². The number of rotatable bonds is 3. The summed E-state index contributed by atoms with van der Waals surface area (Å²) in [5.74, 6) is 5.75. The maximum Gasteiger partial charge on any atom is 0.0730 e. The van der Waals surface area contributed by atoms with Gasteiger partial charge in [0, 0.05) is 12.4 Å². The first kappa shape index (κ1) is 12.7. The minimum absolute atomic E-state index is 0.0152. The molecule has 0 bridgehead atoms. The number of aromatic nitrogens is 1. The van der Waals surface area contributed by atoms with E-state index in [-0.39, 0.29) is 6.04 Å². The van der Waals surface area contributed by atoms with Crippen LogP contribution in [0.15, 0.2) is 36.7 Å². The Labute approximate surface area is 108 Å². The molecule has 3 nitrogen and oxygen atoms in total. The maximum atomic E-state index is 5.75. The van der Waals surface area contributed by atoms with E-state index in [0.29, 0.717) is 0 Å². The summed E-state index contributed by atoms with van der Waals surface area (Å²) >= 11 is 0. The van der Waals surface area contributed by atoms with Crippen LogP contribution in [0.25, 0.3) is 0 Å². The Hall–Kier alpha value is -1.71. The van der Waals surface area contributed by atoms with Gasteiger partial charge in [-0.15, -0.1) is 0 Å². The zero-order chi connectivity index (χ0) is 13.1. The van der Waals surface area contributed by atoms with Crippen molar-refractivity contribution in [1.29, 1.82) is 0 Å². The highest BCUT2D eigenvalue weighted by molar-refractivity contribution is 5.41. The molecule has 94 valence electrons. The van der Waals surface area contributed by atoms with Gasteiger partial charge in [-0.3, -0.25) is 10.8 Å². The van der Waals surface area contributed by atoms with Crippen molar-refractivity contribution in [2.24, 2.45) is 5.84 Å². The molecule has 2 aromatic rings. The number of nitrogens with two attached hydrogens (primary N) is 1. The lowest BCUT2D eigenvalue weighted by atomic mass is 9.92. The standard InChI is InChI=1S/C15H19N3/c1-10-7-13(9-17-8-10)15(18-16)14-11(2)5-4-6-12(14)3/h4-9,15,18H,16H2,1-3H3. The highest BCUT2D eigenvalue weighted by Crippen LogP contribution is 2.27. The Morgan fingerprint density at radius 2 is 1.78 bits per heavy atom. The third-order valence-corrected chi connectivity index (χ3v) is 3.23. The molecule has 1 unspecified atom stereocenters. The Balaban J connectivity index is 2.52. The normalized spacial score (nSPS) is 12.4. The molecule has 2 rings (SSSR count). The van der Waals surface area contributed by atoms with Gasteiger partial charge in [-0.25, -0.2) is 5.43 Å². The van der Waals surface area contributed by atoms with E-state index >= 15 is 0 Å².